The second-order valence-electron chi connectivity index (χ2n) is 12.3. The van der Waals surface area contributed by atoms with Gasteiger partial charge in [0.25, 0.3) is 5.91 Å². The molecule has 1 unspecified atom stereocenters. The van der Waals surface area contributed by atoms with E-state index in [-0.39, 0.29) is 38.9 Å². The van der Waals surface area contributed by atoms with E-state index >= 15 is 0 Å². The quantitative estimate of drug-likeness (QED) is 0.195. The molecule has 1 aromatic heterocycles. The Bertz CT molecular complexity index is 1830. The van der Waals surface area contributed by atoms with Crippen molar-refractivity contribution in [2.45, 2.75) is 57.5 Å². The van der Waals surface area contributed by atoms with E-state index in [1.807, 2.05) is 5.32 Å². The number of nitrogens with one attached hydrogen (secondary N) is 2. The number of sulfonamides is 1. The molecule has 1 atom stereocenters. The van der Waals surface area contributed by atoms with E-state index in [1.54, 1.807) is 20.8 Å². The number of benzene rings is 2. The number of aromatic nitrogens is 1. The molecule has 0 saturated carbocycles. The SMILES string of the molecule is COc1cc(C(=O)NCC(O)(c2cc(C(C)(C)NC(=O)OC(C)(C)C)cc(-c3ccc(F)c(Cl)c3)n2)C(F)(F)F)ccc1OCS(N)(=O)=O. The van der Waals surface area contributed by atoms with Crippen LogP contribution in [0.3, 0.4) is 0 Å². The zero-order valence-electron chi connectivity index (χ0n) is 27.2. The molecule has 0 spiro atoms. The molecule has 0 fully saturated rings. The highest BCUT2D eigenvalue weighted by Crippen LogP contribution is 2.40. The Morgan fingerprint density at radius 2 is 1.65 bits per heavy atom. The Kier molecular flexibility index (Phi) is 11.5. The molecule has 0 aliphatic carbocycles. The van der Waals surface area contributed by atoms with Crippen molar-refractivity contribution in [1.29, 1.82) is 0 Å². The summed E-state index contributed by atoms with van der Waals surface area (Å²) in [6.07, 6.45) is -6.33. The summed E-state index contributed by atoms with van der Waals surface area (Å²) in [6.45, 7) is 6.34. The molecule has 0 aliphatic rings. The van der Waals surface area contributed by atoms with Crippen molar-refractivity contribution < 1.29 is 54.9 Å². The van der Waals surface area contributed by atoms with Gasteiger partial charge in [0.05, 0.1) is 35.6 Å². The predicted octanol–water partition coefficient (Wildman–Crippen LogP) is 5.11. The first-order valence-electron chi connectivity index (χ1n) is 14.2. The number of aliphatic hydroxyl groups is 1. The minimum atomic E-state index is -5.44. The van der Waals surface area contributed by atoms with Crippen molar-refractivity contribution in [3.8, 4) is 22.8 Å². The number of primary sulfonamides is 1. The van der Waals surface area contributed by atoms with Gasteiger partial charge in [-0.1, -0.05) is 11.6 Å². The molecule has 2 aromatic carbocycles. The lowest BCUT2D eigenvalue weighted by atomic mass is 9.88. The minimum absolute atomic E-state index is 0.0210. The smallest absolute Gasteiger partial charge is 0.424 e. The maximum absolute atomic E-state index is 14.8. The van der Waals surface area contributed by atoms with Gasteiger partial charge in [0.1, 0.15) is 11.4 Å². The van der Waals surface area contributed by atoms with E-state index in [4.69, 9.17) is 31.0 Å². The molecule has 0 saturated heterocycles. The van der Waals surface area contributed by atoms with Crippen LogP contribution in [0.25, 0.3) is 11.3 Å². The number of rotatable bonds is 11. The predicted molar refractivity (Wildman–Crippen MR) is 171 cm³/mol. The Morgan fingerprint density at radius 1 is 1.00 bits per heavy atom. The van der Waals surface area contributed by atoms with E-state index in [2.05, 4.69) is 10.3 Å². The zero-order valence-corrected chi connectivity index (χ0v) is 28.7. The van der Waals surface area contributed by atoms with Crippen LogP contribution in [0.1, 0.15) is 56.2 Å². The van der Waals surface area contributed by atoms with Crippen LogP contribution in [-0.2, 0) is 25.9 Å². The van der Waals surface area contributed by atoms with Gasteiger partial charge in [0.2, 0.25) is 21.6 Å². The van der Waals surface area contributed by atoms with Crippen molar-refractivity contribution in [2.24, 2.45) is 5.14 Å². The summed E-state index contributed by atoms with van der Waals surface area (Å²) >= 11 is 5.94. The van der Waals surface area contributed by atoms with E-state index < -0.39 is 68.9 Å². The van der Waals surface area contributed by atoms with Gasteiger partial charge in [-0.15, -0.1) is 0 Å². The molecule has 5 N–H and O–H groups in total. The summed E-state index contributed by atoms with van der Waals surface area (Å²) in [5.41, 5.74) is -7.45. The summed E-state index contributed by atoms with van der Waals surface area (Å²) in [4.78, 5) is 29.7. The first-order valence-corrected chi connectivity index (χ1v) is 16.3. The average molecular weight is 735 g/mol. The maximum atomic E-state index is 14.8. The van der Waals surface area contributed by atoms with Crippen LogP contribution in [-0.4, -0.2) is 61.9 Å². The standard InChI is InChI=1S/C31H35ClF4N4O8S/c1-28(2,3)48-27(42)40-29(4,5)19-13-22(17-7-9-21(33)20(32)11-17)39-25(14-19)30(43,31(34,35)36)15-38-26(41)18-8-10-23(24(12-18)46-6)47-16-49(37,44)45/h7-14,43H,15-16H2,1-6H3,(H,38,41)(H,40,42)(H2,37,44,45). The Hall–Kier alpha value is -4.19. The summed E-state index contributed by atoms with van der Waals surface area (Å²) in [6, 6.07) is 8.87. The molecule has 2 amide bonds. The van der Waals surface area contributed by atoms with Crippen LogP contribution in [0.15, 0.2) is 48.5 Å². The topological polar surface area (TPSA) is 179 Å². The van der Waals surface area contributed by atoms with Crippen LogP contribution in [0, 0.1) is 5.82 Å². The fourth-order valence-electron chi connectivity index (χ4n) is 4.26. The number of amides is 2. The van der Waals surface area contributed by atoms with Crippen LogP contribution in [0.5, 0.6) is 11.5 Å². The first-order chi connectivity index (χ1) is 22.3. The molecular weight excluding hydrogens is 700 g/mol. The Labute approximate surface area is 284 Å². The summed E-state index contributed by atoms with van der Waals surface area (Å²) < 4.78 is 96.2. The number of alkyl carbamates (subject to hydrolysis) is 1. The molecule has 0 radical (unpaired) electrons. The number of nitrogens with two attached hydrogens (primary N) is 1. The lowest BCUT2D eigenvalue weighted by Crippen LogP contribution is -2.52. The Balaban J connectivity index is 2.08. The maximum Gasteiger partial charge on any atom is 0.424 e. The molecule has 3 aromatic rings. The zero-order chi connectivity index (χ0) is 37.2. The van der Waals surface area contributed by atoms with Gasteiger partial charge in [0.15, 0.2) is 11.5 Å². The number of hydrogen-bond acceptors (Lipinski definition) is 9. The van der Waals surface area contributed by atoms with Crippen molar-refractivity contribution in [3.05, 3.63) is 76.2 Å². The van der Waals surface area contributed by atoms with Gasteiger partial charge < -0.3 is 30.0 Å². The van der Waals surface area contributed by atoms with Gasteiger partial charge >= 0.3 is 12.3 Å². The third kappa shape index (κ3) is 10.2. The summed E-state index contributed by atoms with van der Waals surface area (Å²) in [5, 5.41) is 20.5. The average Bonchev–Trinajstić information content (AvgIpc) is 2.97. The fraction of sp³-hybridized carbons (Fsp3) is 0.387. The molecule has 18 heteroatoms. The van der Waals surface area contributed by atoms with E-state index in [0.717, 1.165) is 36.4 Å². The molecular formula is C31H35ClF4N4O8S. The molecule has 0 aliphatic heterocycles. The first kappa shape index (κ1) is 39.3. The highest BCUT2D eigenvalue weighted by molar-refractivity contribution is 7.88. The molecule has 1 heterocycles. The van der Waals surface area contributed by atoms with Crippen molar-refractivity contribution in [3.63, 3.8) is 0 Å². The van der Waals surface area contributed by atoms with E-state index in [9.17, 15) is 40.7 Å². The van der Waals surface area contributed by atoms with Gasteiger partial charge in [-0.25, -0.2) is 27.7 Å². The van der Waals surface area contributed by atoms with Crippen molar-refractivity contribution >= 4 is 33.6 Å². The van der Waals surface area contributed by atoms with Gasteiger partial charge in [-0.2, -0.15) is 13.2 Å². The van der Waals surface area contributed by atoms with Gasteiger partial charge in [0, 0.05) is 11.1 Å². The third-order valence-corrected chi connectivity index (χ3v) is 7.51. The van der Waals surface area contributed by atoms with Gasteiger partial charge in [-0.3, -0.25) is 4.79 Å². The number of nitrogens with zero attached hydrogens (tertiary/aromatic N) is 1. The van der Waals surface area contributed by atoms with E-state index in [1.165, 1.54) is 33.1 Å². The third-order valence-electron chi connectivity index (χ3n) is 6.78. The molecule has 268 valence electrons. The number of carbonyl (C=O) groups is 2. The lowest BCUT2D eigenvalue weighted by molar-refractivity contribution is -0.265. The number of methoxy groups -OCH3 is 1. The van der Waals surface area contributed by atoms with E-state index in [0.29, 0.717) is 0 Å². The minimum Gasteiger partial charge on any atom is -0.493 e. The number of hydrogen-bond donors (Lipinski definition) is 4. The summed E-state index contributed by atoms with van der Waals surface area (Å²) in [5.74, 6) is -3.08. The largest absolute Gasteiger partial charge is 0.493 e. The molecule has 12 nitrogen and oxygen atoms in total. The van der Waals surface area contributed by atoms with Crippen LogP contribution in [0.4, 0.5) is 22.4 Å². The van der Waals surface area contributed by atoms with Gasteiger partial charge in [-0.05, 0) is 88.7 Å². The Morgan fingerprint density at radius 3 is 2.20 bits per heavy atom. The number of alkyl halides is 3. The van der Waals surface area contributed by atoms with Crippen LogP contribution < -0.4 is 25.2 Å². The van der Waals surface area contributed by atoms with Crippen molar-refractivity contribution in [2.75, 3.05) is 19.6 Å². The molecule has 49 heavy (non-hydrogen) atoms. The number of carbonyl (C=O) groups excluding carboxylic acids is 2. The lowest BCUT2D eigenvalue weighted by Gasteiger charge is -2.33. The monoisotopic (exact) mass is 734 g/mol. The van der Waals surface area contributed by atoms with Crippen LogP contribution in [0.2, 0.25) is 5.02 Å². The second kappa shape index (κ2) is 14.3. The second-order valence-corrected chi connectivity index (χ2v) is 14.3. The van der Waals surface area contributed by atoms with Crippen molar-refractivity contribution in [1.82, 2.24) is 15.6 Å². The fourth-order valence-corrected chi connectivity index (χ4v) is 4.73. The normalized spacial score (nSPS) is 13.7. The highest BCUT2D eigenvalue weighted by Gasteiger charge is 2.56. The van der Waals surface area contributed by atoms with Crippen LogP contribution >= 0.6 is 11.6 Å². The number of pyridine rings is 1. The molecule has 3 rings (SSSR count). The number of halogens is 5. The molecule has 0 bridgehead atoms. The highest BCUT2D eigenvalue weighted by atomic mass is 35.5. The summed E-state index contributed by atoms with van der Waals surface area (Å²) in [7, 11) is -2.86. The number of ether oxygens (including phenoxy) is 3.